The molecule has 0 bridgehead atoms. The van der Waals surface area contributed by atoms with E-state index in [1.54, 1.807) is 0 Å². The minimum Gasteiger partial charge on any atom is -0.552 e. The van der Waals surface area contributed by atoms with Crippen molar-refractivity contribution < 1.29 is 29.8 Å². The third-order valence-electron chi connectivity index (χ3n) is 1.78. The molecule has 1 aliphatic rings. The molecule has 0 aliphatic carbocycles. The van der Waals surface area contributed by atoms with E-state index in [1.165, 1.54) is 0 Å². The van der Waals surface area contributed by atoms with Crippen LogP contribution in [0.4, 0.5) is 0 Å². The lowest BCUT2D eigenvalue weighted by molar-refractivity contribution is 0.243. The van der Waals surface area contributed by atoms with Gasteiger partial charge in [-0.15, -0.1) is 0 Å². The summed E-state index contributed by atoms with van der Waals surface area (Å²) in [6.07, 6.45) is 1.70. The molecule has 0 saturated carbocycles. The molecule has 16 heavy (non-hydrogen) atoms. The van der Waals surface area contributed by atoms with Gasteiger partial charge in [0.25, 0.3) is 10.1 Å². The van der Waals surface area contributed by atoms with E-state index >= 15 is 0 Å². The zero-order chi connectivity index (χ0) is 12.4. The lowest BCUT2D eigenvalue weighted by Gasteiger charge is -2.33. The van der Waals surface area contributed by atoms with Gasteiger partial charge in [-0.25, -0.2) is 8.42 Å². The quantitative estimate of drug-likeness (QED) is 0.454. The van der Waals surface area contributed by atoms with E-state index in [0.717, 1.165) is 12.5 Å². The number of rotatable bonds is 5. The second-order valence-electron chi connectivity index (χ2n) is 3.48. The lowest BCUT2D eigenvalue weighted by Crippen LogP contribution is -2.56. The van der Waals surface area contributed by atoms with Crippen molar-refractivity contribution in [3.63, 3.8) is 0 Å². The molecule has 1 rings (SSSR count). The highest BCUT2D eigenvalue weighted by Gasteiger charge is 2.36. The predicted molar refractivity (Wildman–Crippen MR) is 56.4 cm³/mol. The Balaban J connectivity index is 2.74. The largest absolute Gasteiger partial charge is 0.552 e. The average molecular weight is 274 g/mol. The Morgan fingerprint density at radius 3 is 2.25 bits per heavy atom. The molecule has 0 aromatic carbocycles. The first-order chi connectivity index (χ1) is 7.12. The minimum atomic E-state index is -3.77. The number of hydrogen-bond acceptors (Lipinski definition) is 8. The molecule has 1 aliphatic heterocycles. The van der Waals surface area contributed by atoms with Crippen LogP contribution in [0.1, 0.15) is 0 Å². The van der Waals surface area contributed by atoms with Crippen LogP contribution in [0.3, 0.4) is 0 Å². The van der Waals surface area contributed by atoms with Crippen LogP contribution in [0.5, 0.6) is 0 Å². The average Bonchev–Trinajstić information content (AvgIpc) is 2.46. The van der Waals surface area contributed by atoms with Gasteiger partial charge in [0.05, 0.1) is 12.5 Å². The third kappa shape index (κ3) is 4.76. The van der Waals surface area contributed by atoms with Gasteiger partial charge in [0.2, 0.25) is 10.1 Å². The van der Waals surface area contributed by atoms with E-state index in [-0.39, 0.29) is 6.61 Å². The Bertz CT molecular complexity index is 437. The summed E-state index contributed by atoms with van der Waals surface area (Å²) in [6, 6.07) is 0. The maximum Gasteiger partial charge on any atom is 0.355 e. The first kappa shape index (κ1) is 13.9. The van der Waals surface area contributed by atoms with E-state index in [1.807, 2.05) is 0 Å². The zero-order valence-electron chi connectivity index (χ0n) is 8.87. The van der Waals surface area contributed by atoms with Crippen molar-refractivity contribution >= 4 is 26.9 Å². The summed E-state index contributed by atoms with van der Waals surface area (Å²) in [5.41, 5.74) is 0. The molecule has 1 saturated heterocycles. The smallest absolute Gasteiger partial charge is 0.355 e. The first-order valence-electron chi connectivity index (χ1n) is 4.42. The van der Waals surface area contributed by atoms with Gasteiger partial charge in [0.1, 0.15) is 0 Å². The number of hydrogen-bond donors (Lipinski definition) is 1. The molecule has 0 aromatic heterocycles. The Labute approximate surface area is 94.5 Å². The van der Waals surface area contributed by atoms with Gasteiger partial charge in [0.15, 0.2) is 0 Å². The summed E-state index contributed by atoms with van der Waals surface area (Å²) in [7, 11) is -7.45. The Kier molecular flexibility index (Phi) is 3.97. The maximum atomic E-state index is 11.0. The SMILES string of the molecule is CS(=O)(=O)OC[B-]1(OS(C)(=O)=O)NCCO1. The highest BCUT2D eigenvalue weighted by molar-refractivity contribution is 7.87. The molecule has 1 heterocycles. The summed E-state index contributed by atoms with van der Waals surface area (Å²) in [6.45, 7) is -2.38. The Morgan fingerprint density at radius 1 is 1.25 bits per heavy atom. The first-order valence-corrected chi connectivity index (χ1v) is 8.05. The van der Waals surface area contributed by atoms with Crippen LogP contribution in [-0.4, -0.2) is 55.7 Å². The number of nitrogens with one attached hydrogen (secondary N) is 1. The molecule has 0 spiro atoms. The van der Waals surface area contributed by atoms with Gasteiger partial charge < -0.3 is 18.2 Å². The summed E-state index contributed by atoms with van der Waals surface area (Å²) >= 11 is 0. The van der Waals surface area contributed by atoms with Gasteiger partial charge in [-0.05, 0) is 6.54 Å². The fraction of sp³-hybridized carbons (Fsp3) is 1.00. The van der Waals surface area contributed by atoms with Crippen LogP contribution in [-0.2, 0) is 33.2 Å². The molecule has 1 unspecified atom stereocenters. The van der Waals surface area contributed by atoms with Crippen molar-refractivity contribution in [1.82, 2.24) is 5.23 Å². The molecule has 1 atom stereocenters. The van der Waals surface area contributed by atoms with E-state index < -0.39 is 33.4 Å². The van der Waals surface area contributed by atoms with Gasteiger partial charge >= 0.3 is 6.69 Å². The van der Waals surface area contributed by atoms with E-state index in [9.17, 15) is 16.8 Å². The normalized spacial score (nSPS) is 27.1. The second kappa shape index (κ2) is 4.59. The molecule has 1 fully saturated rings. The summed E-state index contributed by atoms with van der Waals surface area (Å²) in [5.74, 6) is 0. The molecular weight excluding hydrogens is 261 g/mol. The molecule has 11 heteroatoms. The van der Waals surface area contributed by atoms with Gasteiger partial charge in [-0.1, -0.05) is 0 Å². The van der Waals surface area contributed by atoms with Crippen LogP contribution >= 0.6 is 0 Å². The van der Waals surface area contributed by atoms with Crippen molar-refractivity contribution in [2.75, 3.05) is 32.2 Å². The summed E-state index contributed by atoms with van der Waals surface area (Å²) in [5, 5.41) is 2.65. The zero-order valence-corrected chi connectivity index (χ0v) is 10.5. The van der Waals surface area contributed by atoms with Gasteiger partial charge in [-0.3, -0.25) is 0 Å². The molecular formula is C5H13BNO7S2-. The molecule has 0 amide bonds. The molecule has 1 N–H and O–H groups in total. The maximum absolute atomic E-state index is 11.0. The molecule has 0 radical (unpaired) electrons. The lowest BCUT2D eigenvalue weighted by atomic mass is 9.75. The summed E-state index contributed by atoms with van der Waals surface area (Å²) < 4.78 is 57.8. The van der Waals surface area contributed by atoms with Gasteiger partial charge in [0, 0.05) is 13.1 Å². The van der Waals surface area contributed by atoms with Crippen molar-refractivity contribution in [3.05, 3.63) is 0 Å². The Morgan fingerprint density at radius 2 is 1.88 bits per heavy atom. The van der Waals surface area contributed by atoms with E-state index in [2.05, 4.69) is 9.41 Å². The summed E-state index contributed by atoms with van der Waals surface area (Å²) in [4.78, 5) is 0. The monoisotopic (exact) mass is 274 g/mol. The van der Waals surface area contributed by atoms with Crippen LogP contribution < -0.4 is 5.23 Å². The molecule has 8 nitrogen and oxygen atoms in total. The van der Waals surface area contributed by atoms with Crippen LogP contribution in [0.15, 0.2) is 0 Å². The fourth-order valence-electron chi connectivity index (χ4n) is 1.28. The van der Waals surface area contributed by atoms with Crippen LogP contribution in [0.2, 0.25) is 0 Å². The third-order valence-corrected chi connectivity index (χ3v) is 3.00. The standard InChI is InChI=1S/C5H13BNO7S2/c1-15(8,9)13-5-6(7-3-4-12-6)14-16(2,10)11/h7H,3-5H2,1-2H3/q-1. The highest BCUT2D eigenvalue weighted by atomic mass is 32.2. The van der Waals surface area contributed by atoms with E-state index in [4.69, 9.17) is 8.75 Å². The molecule has 96 valence electrons. The Hall–Kier alpha value is -0.195. The fourth-order valence-corrected chi connectivity index (χ4v) is 2.45. The van der Waals surface area contributed by atoms with Crippen molar-refractivity contribution in [1.29, 1.82) is 0 Å². The van der Waals surface area contributed by atoms with Gasteiger partial charge in [-0.2, -0.15) is 8.42 Å². The van der Waals surface area contributed by atoms with Crippen molar-refractivity contribution in [2.24, 2.45) is 0 Å². The second-order valence-corrected chi connectivity index (χ2v) is 6.73. The minimum absolute atomic E-state index is 0.225. The van der Waals surface area contributed by atoms with E-state index in [0.29, 0.717) is 6.54 Å². The highest BCUT2D eigenvalue weighted by Crippen LogP contribution is 2.13. The molecule has 0 aromatic rings. The van der Waals surface area contributed by atoms with Crippen molar-refractivity contribution in [3.8, 4) is 0 Å². The van der Waals surface area contributed by atoms with Crippen LogP contribution in [0.25, 0.3) is 0 Å². The predicted octanol–water partition coefficient (Wildman–Crippen LogP) is -1.96. The topological polar surface area (TPSA) is 108 Å². The van der Waals surface area contributed by atoms with Crippen LogP contribution in [0, 0.1) is 0 Å². The van der Waals surface area contributed by atoms with Crippen molar-refractivity contribution in [2.45, 2.75) is 0 Å².